The normalized spacial score (nSPS) is 28.9. The molecule has 2 saturated carbocycles. The van der Waals surface area contributed by atoms with Crippen molar-refractivity contribution in [2.75, 3.05) is 0 Å². The van der Waals surface area contributed by atoms with Gasteiger partial charge in [-0.1, -0.05) is 6.42 Å². The predicted octanol–water partition coefficient (Wildman–Crippen LogP) is 0.792. The van der Waals surface area contributed by atoms with Crippen molar-refractivity contribution in [3.05, 3.63) is 0 Å². The van der Waals surface area contributed by atoms with E-state index in [0.717, 1.165) is 19.3 Å². The van der Waals surface area contributed by atoms with Gasteiger partial charge in [0.2, 0.25) is 0 Å². The minimum absolute atomic E-state index is 0.116. The number of aliphatic carboxylic acids is 2. The van der Waals surface area contributed by atoms with Gasteiger partial charge >= 0.3 is 18.0 Å². The van der Waals surface area contributed by atoms with E-state index in [1.165, 1.54) is 6.42 Å². The maximum atomic E-state index is 11.8. The molecule has 0 aromatic rings. The molecule has 2 rings (SSSR count). The molecule has 0 heterocycles. The van der Waals surface area contributed by atoms with Gasteiger partial charge in [-0.05, 0) is 37.5 Å². The maximum Gasteiger partial charge on any atom is 0.326 e. The van der Waals surface area contributed by atoms with Crippen LogP contribution in [0.2, 0.25) is 0 Å². The molecule has 0 aliphatic heterocycles. The number of carbonyl (C=O) groups excluding carboxylic acids is 1. The van der Waals surface area contributed by atoms with Crippen molar-refractivity contribution < 1.29 is 24.6 Å². The van der Waals surface area contributed by atoms with Crippen LogP contribution >= 0.6 is 0 Å². The zero-order valence-corrected chi connectivity index (χ0v) is 11.2. The van der Waals surface area contributed by atoms with Gasteiger partial charge in [0.05, 0.1) is 0 Å². The molecule has 0 saturated heterocycles. The number of carboxylic acid groups (broad SMARTS) is 2. The van der Waals surface area contributed by atoms with Gasteiger partial charge < -0.3 is 20.8 Å². The van der Waals surface area contributed by atoms with Gasteiger partial charge in [-0.2, -0.15) is 0 Å². The fourth-order valence-electron chi connectivity index (χ4n) is 3.31. The lowest BCUT2D eigenvalue weighted by molar-refractivity contribution is -0.140. The second-order valence-electron chi connectivity index (χ2n) is 5.72. The molecule has 0 radical (unpaired) electrons. The molecular weight excluding hydrogens is 264 g/mol. The number of fused-ring (bicyclic) bond motifs is 2. The molecule has 4 atom stereocenters. The van der Waals surface area contributed by atoms with Crippen molar-refractivity contribution in [3.63, 3.8) is 0 Å². The molecule has 2 aliphatic carbocycles. The van der Waals surface area contributed by atoms with Gasteiger partial charge in [-0.25, -0.2) is 9.59 Å². The standard InChI is InChI=1S/C13H20N2O5/c16-11(17)4-3-9(12(18)19)14-13(20)15-10-6-7-1-2-8(10)5-7/h7-10H,1-6H2,(H,16,17)(H,18,19)(H2,14,15,20)/t7?,8?,9-,10?/m0/s1. The molecule has 0 aromatic carbocycles. The number of nitrogens with one attached hydrogen (secondary N) is 2. The van der Waals surface area contributed by atoms with E-state index in [0.29, 0.717) is 11.8 Å². The molecule has 20 heavy (non-hydrogen) atoms. The molecule has 7 heteroatoms. The Bertz CT molecular complexity index is 412. The smallest absolute Gasteiger partial charge is 0.326 e. The summed E-state index contributed by atoms with van der Waals surface area (Å²) in [6.07, 6.45) is 4.05. The summed E-state index contributed by atoms with van der Waals surface area (Å²) in [6, 6.07) is -1.55. The highest BCUT2D eigenvalue weighted by Gasteiger charge is 2.40. The topological polar surface area (TPSA) is 116 Å². The first kappa shape index (κ1) is 14.6. The Labute approximate surface area is 116 Å². The third-order valence-corrected chi connectivity index (χ3v) is 4.30. The quantitative estimate of drug-likeness (QED) is 0.575. The molecule has 2 aliphatic rings. The number of amides is 2. The summed E-state index contributed by atoms with van der Waals surface area (Å²) in [5.41, 5.74) is 0. The molecule has 2 fully saturated rings. The van der Waals surface area contributed by atoms with Crippen molar-refractivity contribution in [3.8, 4) is 0 Å². The van der Waals surface area contributed by atoms with Crippen LogP contribution in [0.4, 0.5) is 4.79 Å². The van der Waals surface area contributed by atoms with Crippen LogP contribution in [0, 0.1) is 11.8 Å². The van der Waals surface area contributed by atoms with Gasteiger partial charge in [0.1, 0.15) is 6.04 Å². The summed E-state index contributed by atoms with van der Waals surface area (Å²) >= 11 is 0. The molecule has 0 spiro atoms. The van der Waals surface area contributed by atoms with Crippen LogP contribution < -0.4 is 10.6 Å². The van der Waals surface area contributed by atoms with E-state index in [1.807, 2.05) is 0 Å². The first-order valence-corrected chi connectivity index (χ1v) is 6.97. The second-order valence-corrected chi connectivity index (χ2v) is 5.72. The molecule has 3 unspecified atom stereocenters. The van der Waals surface area contributed by atoms with Gasteiger partial charge in [-0.3, -0.25) is 4.79 Å². The van der Waals surface area contributed by atoms with Crippen molar-refractivity contribution in [2.45, 2.75) is 50.6 Å². The highest BCUT2D eigenvalue weighted by Crippen LogP contribution is 2.44. The first-order chi connectivity index (χ1) is 9.45. The summed E-state index contributed by atoms with van der Waals surface area (Å²) in [5.74, 6) is -1.10. The van der Waals surface area contributed by atoms with Gasteiger partial charge in [0, 0.05) is 12.5 Å². The summed E-state index contributed by atoms with van der Waals surface area (Å²) in [7, 11) is 0. The minimum Gasteiger partial charge on any atom is -0.481 e. The molecular formula is C13H20N2O5. The Morgan fingerprint density at radius 1 is 1.15 bits per heavy atom. The largest absolute Gasteiger partial charge is 0.481 e. The zero-order valence-electron chi connectivity index (χ0n) is 11.2. The lowest BCUT2D eigenvalue weighted by atomic mass is 9.95. The van der Waals surface area contributed by atoms with Crippen molar-refractivity contribution in [1.82, 2.24) is 10.6 Å². The minimum atomic E-state index is -1.21. The Morgan fingerprint density at radius 2 is 1.90 bits per heavy atom. The van der Waals surface area contributed by atoms with Crippen molar-refractivity contribution in [2.24, 2.45) is 11.8 Å². The van der Waals surface area contributed by atoms with E-state index in [-0.39, 0.29) is 18.9 Å². The van der Waals surface area contributed by atoms with E-state index in [9.17, 15) is 14.4 Å². The third-order valence-electron chi connectivity index (χ3n) is 4.30. The number of carbonyl (C=O) groups is 3. The summed E-state index contributed by atoms with van der Waals surface area (Å²) in [5, 5.41) is 22.7. The van der Waals surface area contributed by atoms with E-state index < -0.39 is 24.0 Å². The van der Waals surface area contributed by atoms with Gasteiger partial charge in [0.25, 0.3) is 0 Å². The first-order valence-electron chi connectivity index (χ1n) is 6.97. The van der Waals surface area contributed by atoms with Crippen LogP contribution in [0.15, 0.2) is 0 Å². The van der Waals surface area contributed by atoms with E-state index in [1.54, 1.807) is 0 Å². The number of rotatable bonds is 6. The fourth-order valence-corrected chi connectivity index (χ4v) is 3.31. The fraction of sp³-hybridized carbons (Fsp3) is 0.769. The predicted molar refractivity (Wildman–Crippen MR) is 69.2 cm³/mol. The van der Waals surface area contributed by atoms with Crippen LogP contribution in [0.3, 0.4) is 0 Å². The number of hydrogen-bond acceptors (Lipinski definition) is 3. The average molecular weight is 284 g/mol. The van der Waals surface area contributed by atoms with E-state index in [4.69, 9.17) is 10.2 Å². The third kappa shape index (κ3) is 3.61. The summed E-state index contributed by atoms with van der Waals surface area (Å²) in [4.78, 5) is 33.2. The average Bonchev–Trinajstić information content (AvgIpc) is 2.95. The molecule has 0 aromatic heterocycles. The summed E-state index contributed by atoms with van der Waals surface area (Å²) < 4.78 is 0. The van der Waals surface area contributed by atoms with E-state index >= 15 is 0 Å². The van der Waals surface area contributed by atoms with Gasteiger partial charge in [-0.15, -0.1) is 0 Å². The number of carboxylic acids is 2. The van der Waals surface area contributed by atoms with Crippen molar-refractivity contribution in [1.29, 1.82) is 0 Å². The highest BCUT2D eigenvalue weighted by molar-refractivity contribution is 5.83. The second kappa shape index (κ2) is 6.11. The lowest BCUT2D eigenvalue weighted by Crippen LogP contribution is -2.50. The highest BCUT2D eigenvalue weighted by atomic mass is 16.4. The van der Waals surface area contributed by atoms with Gasteiger partial charge in [0.15, 0.2) is 0 Å². The van der Waals surface area contributed by atoms with Crippen LogP contribution in [-0.2, 0) is 9.59 Å². The Kier molecular flexibility index (Phi) is 4.46. The monoisotopic (exact) mass is 284 g/mol. The molecule has 4 N–H and O–H groups in total. The number of hydrogen-bond donors (Lipinski definition) is 4. The molecule has 2 bridgehead atoms. The van der Waals surface area contributed by atoms with Crippen LogP contribution in [0.1, 0.15) is 38.5 Å². The zero-order chi connectivity index (χ0) is 14.7. The Hall–Kier alpha value is -1.79. The molecule has 112 valence electrons. The van der Waals surface area contributed by atoms with Crippen LogP contribution in [-0.4, -0.2) is 40.3 Å². The summed E-state index contributed by atoms with van der Waals surface area (Å²) in [6.45, 7) is 0. The van der Waals surface area contributed by atoms with E-state index in [2.05, 4.69) is 10.6 Å². The van der Waals surface area contributed by atoms with Crippen LogP contribution in [0.25, 0.3) is 0 Å². The van der Waals surface area contributed by atoms with Crippen LogP contribution in [0.5, 0.6) is 0 Å². The Morgan fingerprint density at radius 3 is 2.40 bits per heavy atom. The SMILES string of the molecule is O=C(O)CC[C@H](NC(=O)NC1CC2CCC1C2)C(=O)O. The molecule has 7 nitrogen and oxygen atoms in total. The number of urea groups is 1. The molecule has 2 amide bonds. The lowest BCUT2D eigenvalue weighted by Gasteiger charge is -2.24. The van der Waals surface area contributed by atoms with Crippen molar-refractivity contribution >= 4 is 18.0 Å². The maximum absolute atomic E-state index is 11.8. The Balaban J connectivity index is 1.79.